The van der Waals surface area contributed by atoms with Crippen LogP contribution in [-0.2, 0) is 9.84 Å². The number of halogens is 1. The highest BCUT2D eigenvalue weighted by Crippen LogP contribution is 2.38. The summed E-state index contributed by atoms with van der Waals surface area (Å²) in [5, 5.41) is 17.6. The van der Waals surface area contributed by atoms with Crippen LogP contribution in [0.1, 0.15) is 24.6 Å². The molecule has 0 radical (unpaired) electrons. The number of sulfone groups is 1. The van der Waals surface area contributed by atoms with Crippen molar-refractivity contribution in [2.75, 3.05) is 30.0 Å². The molecule has 1 heterocycles. The molecule has 1 aromatic heterocycles. The lowest BCUT2D eigenvalue weighted by Gasteiger charge is -2.10. The SMILES string of the molecule is CS(=O)(=O)c1ccc(NCCNc2cc(Cl)nc(C3CC3)n2)c([N+](=O)[O-])c1. The number of aromatic nitrogens is 2. The third-order valence-corrected chi connectivity index (χ3v) is 5.30. The molecule has 0 bridgehead atoms. The molecule has 2 aromatic rings. The summed E-state index contributed by atoms with van der Waals surface area (Å²) in [4.78, 5) is 19.1. The zero-order valence-electron chi connectivity index (χ0n) is 14.5. The number of nitro groups is 1. The Morgan fingerprint density at radius 2 is 1.93 bits per heavy atom. The highest BCUT2D eigenvalue weighted by Gasteiger charge is 2.27. The first-order valence-electron chi connectivity index (χ1n) is 8.25. The third-order valence-electron chi connectivity index (χ3n) is 4.00. The Kier molecular flexibility index (Phi) is 5.47. The van der Waals surface area contributed by atoms with E-state index >= 15 is 0 Å². The van der Waals surface area contributed by atoms with E-state index < -0.39 is 14.8 Å². The number of nitro benzene ring substituents is 1. The van der Waals surface area contributed by atoms with Gasteiger partial charge in [0.1, 0.15) is 22.5 Å². The monoisotopic (exact) mass is 411 g/mol. The number of rotatable bonds is 8. The van der Waals surface area contributed by atoms with E-state index in [2.05, 4.69) is 20.6 Å². The van der Waals surface area contributed by atoms with Gasteiger partial charge in [0.25, 0.3) is 5.69 Å². The molecule has 0 saturated heterocycles. The Balaban J connectivity index is 1.63. The Morgan fingerprint density at radius 1 is 1.22 bits per heavy atom. The van der Waals surface area contributed by atoms with Gasteiger partial charge in [-0.25, -0.2) is 18.4 Å². The van der Waals surface area contributed by atoms with Crippen molar-refractivity contribution in [2.45, 2.75) is 23.7 Å². The summed E-state index contributed by atoms with van der Waals surface area (Å²) < 4.78 is 23.1. The molecule has 0 unspecified atom stereocenters. The van der Waals surface area contributed by atoms with E-state index in [1.54, 1.807) is 6.07 Å². The molecule has 1 saturated carbocycles. The smallest absolute Gasteiger partial charge is 0.293 e. The van der Waals surface area contributed by atoms with E-state index in [-0.39, 0.29) is 16.3 Å². The fourth-order valence-electron chi connectivity index (χ4n) is 2.48. The van der Waals surface area contributed by atoms with Crippen LogP contribution in [-0.4, -0.2) is 42.7 Å². The van der Waals surface area contributed by atoms with Crippen molar-refractivity contribution in [3.63, 3.8) is 0 Å². The second-order valence-electron chi connectivity index (χ2n) is 6.27. The predicted molar refractivity (Wildman–Crippen MR) is 102 cm³/mol. The van der Waals surface area contributed by atoms with Crippen molar-refractivity contribution < 1.29 is 13.3 Å². The van der Waals surface area contributed by atoms with Crippen molar-refractivity contribution in [3.05, 3.63) is 45.4 Å². The molecule has 27 heavy (non-hydrogen) atoms. The summed E-state index contributed by atoms with van der Waals surface area (Å²) in [5.74, 6) is 1.70. The molecule has 1 aliphatic rings. The van der Waals surface area contributed by atoms with Crippen LogP contribution in [0.2, 0.25) is 5.15 Å². The van der Waals surface area contributed by atoms with Crippen LogP contribution in [0, 0.1) is 10.1 Å². The summed E-state index contributed by atoms with van der Waals surface area (Å²) in [7, 11) is -3.52. The van der Waals surface area contributed by atoms with E-state index in [0.717, 1.165) is 31.0 Å². The predicted octanol–water partition coefficient (Wildman–Crippen LogP) is 2.84. The Labute approximate surface area is 161 Å². The van der Waals surface area contributed by atoms with Gasteiger partial charge < -0.3 is 10.6 Å². The summed E-state index contributed by atoms with van der Waals surface area (Å²) in [6, 6.07) is 5.40. The zero-order valence-corrected chi connectivity index (χ0v) is 16.0. The van der Waals surface area contributed by atoms with Gasteiger partial charge in [-0.2, -0.15) is 0 Å². The third kappa shape index (κ3) is 5.04. The van der Waals surface area contributed by atoms with Crippen LogP contribution in [0.15, 0.2) is 29.2 Å². The summed E-state index contributed by atoms with van der Waals surface area (Å²) in [6.07, 6.45) is 3.13. The van der Waals surface area contributed by atoms with E-state index in [1.165, 1.54) is 12.1 Å². The number of benzene rings is 1. The Hall–Kier alpha value is -2.46. The van der Waals surface area contributed by atoms with E-state index in [9.17, 15) is 18.5 Å². The molecule has 3 rings (SSSR count). The lowest BCUT2D eigenvalue weighted by molar-refractivity contribution is -0.384. The molecule has 0 aliphatic heterocycles. The van der Waals surface area contributed by atoms with Gasteiger partial charge in [-0.1, -0.05) is 11.6 Å². The molecule has 1 aliphatic carbocycles. The second kappa shape index (κ2) is 7.65. The maximum absolute atomic E-state index is 11.6. The first-order chi connectivity index (χ1) is 12.7. The summed E-state index contributed by atoms with van der Waals surface area (Å²) in [5.41, 5.74) is -0.0485. The molecular weight excluding hydrogens is 394 g/mol. The minimum absolute atomic E-state index is 0.0962. The van der Waals surface area contributed by atoms with E-state index in [1.807, 2.05) is 0 Å². The molecular formula is C16H18ClN5O4S. The molecule has 1 fully saturated rings. The average Bonchev–Trinajstić information content (AvgIpc) is 3.42. The maximum Gasteiger partial charge on any atom is 0.293 e. The minimum atomic E-state index is -3.52. The van der Waals surface area contributed by atoms with E-state index in [4.69, 9.17) is 11.6 Å². The number of hydrogen-bond donors (Lipinski definition) is 2. The maximum atomic E-state index is 11.6. The first-order valence-corrected chi connectivity index (χ1v) is 10.5. The molecule has 2 N–H and O–H groups in total. The van der Waals surface area contributed by atoms with Crippen LogP contribution < -0.4 is 10.6 Å². The summed E-state index contributed by atoms with van der Waals surface area (Å²) >= 11 is 6.01. The normalized spacial score (nSPS) is 14.0. The van der Waals surface area contributed by atoms with Gasteiger partial charge in [0.05, 0.1) is 9.82 Å². The largest absolute Gasteiger partial charge is 0.378 e. The Morgan fingerprint density at radius 3 is 2.56 bits per heavy atom. The molecule has 0 amide bonds. The van der Waals surface area contributed by atoms with Gasteiger partial charge in [-0.15, -0.1) is 0 Å². The highest BCUT2D eigenvalue weighted by atomic mass is 35.5. The van der Waals surface area contributed by atoms with Crippen molar-refractivity contribution >= 4 is 38.6 Å². The lowest BCUT2D eigenvalue weighted by Crippen LogP contribution is -2.15. The molecule has 144 valence electrons. The fourth-order valence-corrected chi connectivity index (χ4v) is 3.31. The topological polar surface area (TPSA) is 127 Å². The molecule has 0 spiro atoms. The first kappa shape index (κ1) is 19.3. The van der Waals surface area contributed by atoms with Gasteiger partial charge >= 0.3 is 0 Å². The Bertz CT molecular complexity index is 979. The second-order valence-corrected chi connectivity index (χ2v) is 8.67. The highest BCUT2D eigenvalue weighted by molar-refractivity contribution is 7.90. The van der Waals surface area contributed by atoms with Gasteiger partial charge in [0, 0.05) is 37.4 Å². The molecule has 0 atom stereocenters. The van der Waals surface area contributed by atoms with Crippen molar-refractivity contribution in [2.24, 2.45) is 0 Å². The van der Waals surface area contributed by atoms with Gasteiger partial charge in [-0.05, 0) is 25.0 Å². The van der Waals surface area contributed by atoms with Crippen molar-refractivity contribution in [3.8, 4) is 0 Å². The van der Waals surface area contributed by atoms with Gasteiger partial charge in [-0.3, -0.25) is 10.1 Å². The number of hydrogen-bond acceptors (Lipinski definition) is 8. The molecule has 1 aromatic carbocycles. The lowest BCUT2D eigenvalue weighted by atomic mass is 10.2. The van der Waals surface area contributed by atoms with Crippen LogP contribution in [0.5, 0.6) is 0 Å². The van der Waals surface area contributed by atoms with Crippen LogP contribution >= 0.6 is 11.6 Å². The van der Waals surface area contributed by atoms with Crippen molar-refractivity contribution in [1.82, 2.24) is 9.97 Å². The van der Waals surface area contributed by atoms with Gasteiger partial charge in [0.15, 0.2) is 9.84 Å². The summed E-state index contributed by atoms with van der Waals surface area (Å²) in [6.45, 7) is 0.794. The zero-order chi connectivity index (χ0) is 19.6. The van der Waals surface area contributed by atoms with Crippen LogP contribution in [0.3, 0.4) is 0 Å². The average molecular weight is 412 g/mol. The number of nitrogens with one attached hydrogen (secondary N) is 2. The standard InChI is InChI=1S/C16H18ClN5O4S/c1-27(25,26)11-4-5-12(13(8-11)22(23)24)18-6-7-19-15-9-14(17)20-16(21-15)10-2-3-10/h4-5,8-10,18H,2-3,6-7H2,1H3,(H,19,20,21). The number of nitrogens with zero attached hydrogens (tertiary/aromatic N) is 3. The van der Waals surface area contributed by atoms with E-state index in [0.29, 0.717) is 30.0 Å². The van der Waals surface area contributed by atoms with Gasteiger partial charge in [0.2, 0.25) is 0 Å². The number of anilines is 2. The van der Waals surface area contributed by atoms with Crippen LogP contribution in [0.25, 0.3) is 0 Å². The van der Waals surface area contributed by atoms with Crippen molar-refractivity contribution in [1.29, 1.82) is 0 Å². The molecule has 11 heteroatoms. The fraction of sp³-hybridized carbons (Fsp3) is 0.375. The minimum Gasteiger partial charge on any atom is -0.378 e. The quantitative estimate of drug-likeness (QED) is 0.294. The molecule has 9 nitrogen and oxygen atoms in total. The van der Waals surface area contributed by atoms with Crippen LogP contribution in [0.4, 0.5) is 17.2 Å².